The molecule has 0 unspecified atom stereocenters. The number of hydrogen-bond donors (Lipinski definition) is 1. The summed E-state index contributed by atoms with van der Waals surface area (Å²) in [5.41, 5.74) is -0.821. The second-order valence-corrected chi connectivity index (χ2v) is 4.32. The van der Waals surface area contributed by atoms with E-state index in [1.165, 1.54) is 29.1 Å². The van der Waals surface area contributed by atoms with E-state index >= 15 is 0 Å². The molecule has 0 amide bonds. The molecule has 0 fully saturated rings. The molecule has 7 nitrogen and oxygen atoms in total. The van der Waals surface area contributed by atoms with Gasteiger partial charge in [-0.1, -0.05) is 0 Å². The van der Waals surface area contributed by atoms with E-state index in [1.807, 2.05) is 0 Å². The van der Waals surface area contributed by atoms with Crippen LogP contribution in [0.2, 0.25) is 0 Å². The van der Waals surface area contributed by atoms with Crippen LogP contribution in [0.5, 0.6) is 5.75 Å². The molecule has 0 radical (unpaired) electrons. The largest absolute Gasteiger partial charge is 0.508 e. The first-order valence-electron chi connectivity index (χ1n) is 6.20. The standard InChI is InChI=1S/C15H13NO6/c1-21-14(19)11-7-16(9-3-5-10(17)6-4-9)8-12(13(11)18)15(20)22-2/h3-8,17H,1-2H3. The molecule has 0 aliphatic heterocycles. The molecule has 1 N–H and O–H groups in total. The van der Waals surface area contributed by atoms with E-state index in [0.717, 1.165) is 14.2 Å². The van der Waals surface area contributed by atoms with Gasteiger partial charge in [0.2, 0.25) is 5.43 Å². The van der Waals surface area contributed by atoms with Crippen molar-refractivity contribution in [2.75, 3.05) is 14.2 Å². The zero-order chi connectivity index (χ0) is 16.3. The normalized spacial score (nSPS) is 10.1. The molecule has 0 saturated heterocycles. The number of rotatable bonds is 3. The second kappa shape index (κ2) is 6.13. The Morgan fingerprint density at radius 2 is 1.41 bits per heavy atom. The Bertz CT molecular complexity index is 735. The van der Waals surface area contributed by atoms with Gasteiger partial charge in [0, 0.05) is 18.1 Å². The highest BCUT2D eigenvalue weighted by molar-refractivity contribution is 5.94. The number of carbonyl (C=O) groups excluding carboxylic acids is 2. The minimum atomic E-state index is -0.858. The van der Waals surface area contributed by atoms with Gasteiger partial charge in [-0.05, 0) is 24.3 Å². The number of phenolic OH excluding ortho intramolecular Hbond substituents is 1. The van der Waals surface area contributed by atoms with Crippen molar-refractivity contribution in [3.8, 4) is 11.4 Å². The van der Waals surface area contributed by atoms with Gasteiger partial charge in [0.25, 0.3) is 0 Å². The highest BCUT2D eigenvalue weighted by Gasteiger charge is 2.20. The van der Waals surface area contributed by atoms with Crippen LogP contribution in [0.4, 0.5) is 0 Å². The van der Waals surface area contributed by atoms with Crippen LogP contribution in [0.3, 0.4) is 0 Å². The molecule has 0 spiro atoms. The topological polar surface area (TPSA) is 94.8 Å². The summed E-state index contributed by atoms with van der Waals surface area (Å²) in [6, 6.07) is 5.98. The number of aromatic hydroxyl groups is 1. The molecule has 0 aliphatic carbocycles. The molecule has 0 aliphatic rings. The fourth-order valence-corrected chi connectivity index (χ4v) is 1.86. The minimum absolute atomic E-state index is 0.0613. The number of aromatic nitrogens is 1. The second-order valence-electron chi connectivity index (χ2n) is 4.32. The van der Waals surface area contributed by atoms with Crippen molar-refractivity contribution in [2.24, 2.45) is 0 Å². The molecule has 7 heteroatoms. The Labute approximate surface area is 125 Å². The lowest BCUT2D eigenvalue weighted by Crippen LogP contribution is -2.25. The number of ether oxygens (including phenoxy) is 2. The molecule has 2 aromatic rings. The minimum Gasteiger partial charge on any atom is -0.508 e. The molecular weight excluding hydrogens is 290 g/mol. The van der Waals surface area contributed by atoms with Crippen molar-refractivity contribution in [1.29, 1.82) is 0 Å². The Morgan fingerprint density at radius 3 is 1.82 bits per heavy atom. The summed E-state index contributed by atoms with van der Waals surface area (Å²) in [7, 11) is 2.27. The van der Waals surface area contributed by atoms with Gasteiger partial charge in [-0.2, -0.15) is 0 Å². The summed E-state index contributed by atoms with van der Waals surface area (Å²) in [4.78, 5) is 35.6. The van der Waals surface area contributed by atoms with E-state index in [-0.39, 0.29) is 16.9 Å². The van der Waals surface area contributed by atoms with Crippen LogP contribution in [-0.2, 0) is 9.47 Å². The first-order chi connectivity index (χ1) is 10.5. The van der Waals surface area contributed by atoms with Crippen molar-refractivity contribution < 1.29 is 24.2 Å². The molecule has 1 aromatic heterocycles. The summed E-state index contributed by atoms with van der Waals surface area (Å²) >= 11 is 0. The van der Waals surface area contributed by atoms with Crippen LogP contribution in [0.15, 0.2) is 41.5 Å². The molecule has 0 saturated carbocycles. The molecule has 0 bridgehead atoms. The van der Waals surface area contributed by atoms with Gasteiger partial charge in [0.1, 0.15) is 16.9 Å². The molecule has 1 heterocycles. The SMILES string of the molecule is COC(=O)c1cn(-c2ccc(O)cc2)cc(C(=O)OC)c1=O. The monoisotopic (exact) mass is 303 g/mol. The smallest absolute Gasteiger partial charge is 0.343 e. The maximum absolute atomic E-state index is 12.2. The summed E-state index contributed by atoms with van der Waals surface area (Å²) in [6.07, 6.45) is 2.51. The van der Waals surface area contributed by atoms with Crippen LogP contribution in [0.1, 0.15) is 20.7 Å². The van der Waals surface area contributed by atoms with E-state index in [0.29, 0.717) is 5.69 Å². The predicted molar refractivity (Wildman–Crippen MR) is 76.4 cm³/mol. The number of hydrogen-bond acceptors (Lipinski definition) is 6. The van der Waals surface area contributed by atoms with Crippen molar-refractivity contribution in [3.63, 3.8) is 0 Å². The van der Waals surface area contributed by atoms with Gasteiger partial charge < -0.3 is 19.1 Å². The first-order valence-corrected chi connectivity index (χ1v) is 6.20. The van der Waals surface area contributed by atoms with Gasteiger partial charge in [-0.15, -0.1) is 0 Å². The number of phenols is 1. The van der Waals surface area contributed by atoms with E-state index in [9.17, 15) is 19.5 Å². The maximum Gasteiger partial charge on any atom is 0.343 e. The van der Waals surface area contributed by atoms with Crippen LogP contribution < -0.4 is 5.43 Å². The van der Waals surface area contributed by atoms with Crippen molar-refractivity contribution in [3.05, 3.63) is 58.0 Å². The number of methoxy groups -OCH3 is 2. The highest BCUT2D eigenvalue weighted by atomic mass is 16.5. The number of benzene rings is 1. The third-order valence-electron chi connectivity index (χ3n) is 2.98. The molecular formula is C15H13NO6. The van der Waals surface area contributed by atoms with Gasteiger partial charge in [-0.25, -0.2) is 9.59 Å². The van der Waals surface area contributed by atoms with E-state index in [1.54, 1.807) is 12.1 Å². The Morgan fingerprint density at radius 1 is 0.955 bits per heavy atom. The summed E-state index contributed by atoms with van der Waals surface area (Å²) in [6.45, 7) is 0. The van der Waals surface area contributed by atoms with Crippen LogP contribution in [0, 0.1) is 0 Å². The van der Waals surface area contributed by atoms with Gasteiger partial charge in [0.05, 0.1) is 14.2 Å². The molecule has 0 atom stereocenters. The number of pyridine rings is 1. The average Bonchev–Trinajstić information content (AvgIpc) is 2.54. The Balaban J connectivity index is 2.69. The zero-order valence-electron chi connectivity index (χ0n) is 11.9. The number of carbonyl (C=O) groups is 2. The van der Waals surface area contributed by atoms with Crippen molar-refractivity contribution in [2.45, 2.75) is 0 Å². The van der Waals surface area contributed by atoms with Crippen LogP contribution >= 0.6 is 0 Å². The van der Waals surface area contributed by atoms with Gasteiger partial charge in [-0.3, -0.25) is 4.79 Å². The Kier molecular flexibility index (Phi) is 4.26. The highest BCUT2D eigenvalue weighted by Crippen LogP contribution is 2.15. The zero-order valence-corrected chi connectivity index (χ0v) is 11.9. The van der Waals surface area contributed by atoms with Gasteiger partial charge in [0.15, 0.2) is 0 Å². The third kappa shape index (κ3) is 2.83. The lowest BCUT2D eigenvalue weighted by molar-refractivity contribution is 0.0595. The average molecular weight is 303 g/mol. The molecule has 2 rings (SSSR count). The molecule has 22 heavy (non-hydrogen) atoms. The Hall–Kier alpha value is -3.09. The third-order valence-corrected chi connectivity index (χ3v) is 2.98. The maximum atomic E-state index is 12.2. The van der Waals surface area contributed by atoms with Crippen LogP contribution in [0.25, 0.3) is 5.69 Å². The van der Waals surface area contributed by atoms with Gasteiger partial charge >= 0.3 is 11.9 Å². The first kappa shape index (κ1) is 15.3. The lowest BCUT2D eigenvalue weighted by atomic mass is 10.1. The summed E-state index contributed by atoms with van der Waals surface area (Å²) in [5.74, 6) is -1.65. The van der Waals surface area contributed by atoms with Crippen molar-refractivity contribution >= 4 is 11.9 Å². The fourth-order valence-electron chi connectivity index (χ4n) is 1.86. The van der Waals surface area contributed by atoms with E-state index < -0.39 is 17.4 Å². The molecule has 114 valence electrons. The van der Waals surface area contributed by atoms with Crippen molar-refractivity contribution in [1.82, 2.24) is 4.57 Å². The number of esters is 2. The predicted octanol–water partition coefficient (Wildman–Crippen LogP) is 1.12. The fraction of sp³-hybridized carbons (Fsp3) is 0.133. The molecule has 1 aromatic carbocycles. The van der Waals surface area contributed by atoms with Crippen LogP contribution in [-0.4, -0.2) is 35.8 Å². The summed E-state index contributed by atoms with van der Waals surface area (Å²) < 4.78 is 10.5. The van der Waals surface area contributed by atoms with E-state index in [4.69, 9.17) is 0 Å². The summed E-state index contributed by atoms with van der Waals surface area (Å²) in [5, 5.41) is 9.30. The lowest BCUT2D eigenvalue weighted by Gasteiger charge is -2.10. The number of nitrogens with zero attached hydrogens (tertiary/aromatic N) is 1. The van der Waals surface area contributed by atoms with E-state index in [2.05, 4.69) is 9.47 Å². The quantitative estimate of drug-likeness (QED) is 0.854.